The third kappa shape index (κ3) is 2.54. The lowest BCUT2D eigenvalue weighted by Gasteiger charge is -2.09. The van der Waals surface area contributed by atoms with Crippen molar-refractivity contribution in [1.29, 1.82) is 0 Å². The third-order valence-electron chi connectivity index (χ3n) is 4.05. The highest BCUT2D eigenvalue weighted by molar-refractivity contribution is 5.94. The van der Waals surface area contributed by atoms with Gasteiger partial charge in [0, 0.05) is 28.8 Å². The summed E-state index contributed by atoms with van der Waals surface area (Å²) < 4.78 is 27.2. The number of aromatic nitrogens is 1. The summed E-state index contributed by atoms with van der Waals surface area (Å²) in [7, 11) is 0. The molecule has 0 aliphatic heterocycles. The van der Waals surface area contributed by atoms with Gasteiger partial charge in [-0.3, -0.25) is 4.98 Å². The van der Waals surface area contributed by atoms with Gasteiger partial charge in [-0.2, -0.15) is 0 Å². The summed E-state index contributed by atoms with van der Waals surface area (Å²) in [4.78, 5) is 4.47. The number of rotatable bonds is 2. The Hall–Kier alpha value is -3.07. The predicted octanol–water partition coefficient (Wildman–Crippen LogP) is 5.85. The van der Waals surface area contributed by atoms with Crippen LogP contribution in [0.4, 0.5) is 8.78 Å². The van der Waals surface area contributed by atoms with Crippen molar-refractivity contribution in [3.8, 4) is 22.3 Å². The molecule has 116 valence electrons. The molecule has 0 saturated heterocycles. The monoisotopic (exact) mass is 317 g/mol. The maximum Gasteiger partial charge on any atom is 0.133 e. The van der Waals surface area contributed by atoms with Gasteiger partial charge in [-0.05, 0) is 35.4 Å². The molecular weight excluding hydrogens is 304 g/mol. The summed E-state index contributed by atoms with van der Waals surface area (Å²) in [6, 6.07) is 21.1. The lowest BCUT2D eigenvalue weighted by atomic mass is 9.97. The van der Waals surface area contributed by atoms with Crippen molar-refractivity contribution in [2.45, 2.75) is 0 Å². The molecule has 0 radical (unpaired) electrons. The van der Waals surface area contributed by atoms with Crippen molar-refractivity contribution >= 4 is 10.9 Å². The molecule has 0 saturated carbocycles. The van der Waals surface area contributed by atoms with Gasteiger partial charge >= 0.3 is 0 Å². The molecule has 0 atom stereocenters. The van der Waals surface area contributed by atoms with Crippen LogP contribution in [-0.4, -0.2) is 4.98 Å². The molecule has 0 unspecified atom stereocenters. The van der Waals surface area contributed by atoms with E-state index in [1.54, 1.807) is 6.20 Å². The SMILES string of the molecule is Fc1ccc(-c2cccc(-c3cccc4cccnc34)c2)c(F)c1. The first-order chi connectivity index (χ1) is 11.7. The Morgan fingerprint density at radius 1 is 0.667 bits per heavy atom. The number of benzene rings is 3. The van der Waals surface area contributed by atoms with E-state index in [1.165, 1.54) is 12.1 Å². The fourth-order valence-corrected chi connectivity index (χ4v) is 2.92. The third-order valence-corrected chi connectivity index (χ3v) is 4.05. The van der Waals surface area contributed by atoms with Gasteiger partial charge in [0.2, 0.25) is 0 Å². The molecule has 4 aromatic rings. The summed E-state index contributed by atoms with van der Waals surface area (Å²) >= 11 is 0. The van der Waals surface area contributed by atoms with Crippen LogP contribution in [0.3, 0.4) is 0 Å². The maximum absolute atomic E-state index is 14.1. The van der Waals surface area contributed by atoms with E-state index < -0.39 is 11.6 Å². The quantitative estimate of drug-likeness (QED) is 0.452. The Balaban J connectivity index is 1.88. The molecule has 0 aliphatic rings. The number of nitrogens with zero attached hydrogens (tertiary/aromatic N) is 1. The molecule has 0 spiro atoms. The number of pyridine rings is 1. The van der Waals surface area contributed by atoms with Gasteiger partial charge in [0.25, 0.3) is 0 Å². The Morgan fingerprint density at radius 3 is 2.25 bits per heavy atom. The summed E-state index contributed by atoms with van der Waals surface area (Å²) in [6.45, 7) is 0. The Kier molecular flexibility index (Phi) is 3.54. The minimum Gasteiger partial charge on any atom is -0.256 e. The van der Waals surface area contributed by atoms with Gasteiger partial charge in [-0.25, -0.2) is 8.78 Å². The van der Waals surface area contributed by atoms with E-state index in [4.69, 9.17) is 0 Å². The minimum atomic E-state index is -0.578. The summed E-state index contributed by atoms with van der Waals surface area (Å²) in [5, 5.41) is 1.05. The number of hydrogen-bond acceptors (Lipinski definition) is 1. The topological polar surface area (TPSA) is 12.9 Å². The van der Waals surface area contributed by atoms with Gasteiger partial charge in [0.1, 0.15) is 11.6 Å². The van der Waals surface area contributed by atoms with Gasteiger partial charge in [0.05, 0.1) is 5.52 Å². The van der Waals surface area contributed by atoms with Crippen LogP contribution in [0.15, 0.2) is 79.0 Å². The molecule has 0 fully saturated rings. The molecule has 0 aliphatic carbocycles. The zero-order valence-corrected chi connectivity index (χ0v) is 12.7. The summed E-state index contributed by atoms with van der Waals surface area (Å²) in [6.07, 6.45) is 1.76. The van der Waals surface area contributed by atoms with Crippen molar-refractivity contribution < 1.29 is 8.78 Å². The minimum absolute atomic E-state index is 0.381. The summed E-state index contributed by atoms with van der Waals surface area (Å²) in [5.74, 6) is -1.14. The second kappa shape index (κ2) is 5.85. The fraction of sp³-hybridized carbons (Fsp3) is 0. The highest BCUT2D eigenvalue weighted by Gasteiger charge is 2.09. The van der Waals surface area contributed by atoms with Crippen molar-refractivity contribution in [3.05, 3.63) is 90.6 Å². The van der Waals surface area contributed by atoms with E-state index in [0.29, 0.717) is 11.1 Å². The molecule has 0 N–H and O–H groups in total. The Morgan fingerprint density at radius 2 is 1.42 bits per heavy atom. The van der Waals surface area contributed by atoms with Gasteiger partial charge in [-0.15, -0.1) is 0 Å². The van der Waals surface area contributed by atoms with Crippen LogP contribution in [0.1, 0.15) is 0 Å². The molecule has 3 heteroatoms. The van der Waals surface area contributed by atoms with E-state index in [9.17, 15) is 8.78 Å². The van der Waals surface area contributed by atoms with Crippen molar-refractivity contribution in [1.82, 2.24) is 4.98 Å². The van der Waals surface area contributed by atoms with Crippen LogP contribution in [0.5, 0.6) is 0 Å². The zero-order chi connectivity index (χ0) is 16.5. The van der Waals surface area contributed by atoms with Crippen LogP contribution in [0, 0.1) is 11.6 Å². The Labute approximate surface area is 138 Å². The van der Waals surface area contributed by atoms with E-state index in [1.807, 2.05) is 54.6 Å². The number of fused-ring (bicyclic) bond motifs is 1. The molecular formula is C21H13F2N. The first-order valence-electron chi connectivity index (χ1n) is 7.62. The highest BCUT2D eigenvalue weighted by Crippen LogP contribution is 2.31. The maximum atomic E-state index is 14.1. The molecule has 4 rings (SSSR count). The van der Waals surface area contributed by atoms with Gasteiger partial charge < -0.3 is 0 Å². The number of hydrogen-bond donors (Lipinski definition) is 0. The lowest BCUT2D eigenvalue weighted by molar-refractivity contribution is 0.585. The molecule has 24 heavy (non-hydrogen) atoms. The largest absolute Gasteiger partial charge is 0.256 e. The normalized spacial score (nSPS) is 10.9. The molecule has 0 bridgehead atoms. The second-order valence-electron chi connectivity index (χ2n) is 5.59. The standard InChI is InChI=1S/C21H13F2N/c22-17-9-10-18(20(23)13-17)15-5-1-6-16(12-15)19-8-2-4-14-7-3-11-24-21(14)19/h1-13H. The average Bonchev–Trinajstić information content (AvgIpc) is 2.61. The van der Waals surface area contributed by atoms with Crippen LogP contribution < -0.4 is 0 Å². The van der Waals surface area contributed by atoms with Crippen molar-refractivity contribution in [2.24, 2.45) is 0 Å². The Bertz CT molecular complexity index is 1040. The van der Waals surface area contributed by atoms with Crippen LogP contribution in [0.2, 0.25) is 0 Å². The van der Waals surface area contributed by atoms with Gasteiger partial charge in [0.15, 0.2) is 0 Å². The average molecular weight is 317 g/mol. The van der Waals surface area contributed by atoms with E-state index >= 15 is 0 Å². The van der Waals surface area contributed by atoms with Gasteiger partial charge in [-0.1, -0.05) is 42.5 Å². The van der Waals surface area contributed by atoms with Crippen molar-refractivity contribution in [3.63, 3.8) is 0 Å². The first kappa shape index (κ1) is 14.5. The van der Waals surface area contributed by atoms with Crippen LogP contribution >= 0.6 is 0 Å². The smallest absolute Gasteiger partial charge is 0.133 e. The molecule has 1 aromatic heterocycles. The van der Waals surface area contributed by atoms with E-state index in [-0.39, 0.29) is 0 Å². The molecule has 1 heterocycles. The number of halogens is 2. The predicted molar refractivity (Wildman–Crippen MR) is 92.5 cm³/mol. The highest BCUT2D eigenvalue weighted by atomic mass is 19.1. The fourth-order valence-electron chi connectivity index (χ4n) is 2.92. The molecule has 3 aromatic carbocycles. The van der Waals surface area contributed by atoms with E-state index in [0.717, 1.165) is 28.1 Å². The number of para-hydroxylation sites is 1. The lowest BCUT2D eigenvalue weighted by Crippen LogP contribution is -1.88. The van der Waals surface area contributed by atoms with Crippen LogP contribution in [-0.2, 0) is 0 Å². The molecule has 0 amide bonds. The summed E-state index contributed by atoms with van der Waals surface area (Å²) in [5.41, 5.74) is 3.92. The van der Waals surface area contributed by atoms with Crippen molar-refractivity contribution in [2.75, 3.05) is 0 Å². The molecule has 1 nitrogen and oxygen atoms in total. The first-order valence-corrected chi connectivity index (χ1v) is 7.62. The zero-order valence-electron chi connectivity index (χ0n) is 12.7. The van der Waals surface area contributed by atoms with Crippen LogP contribution in [0.25, 0.3) is 33.2 Å². The van der Waals surface area contributed by atoms with E-state index in [2.05, 4.69) is 4.98 Å². The second-order valence-corrected chi connectivity index (χ2v) is 5.59.